The Morgan fingerprint density at radius 2 is 2.43 bits per heavy atom. The Bertz CT molecular complexity index is 378. The van der Waals surface area contributed by atoms with E-state index in [-0.39, 0.29) is 18.3 Å². The van der Waals surface area contributed by atoms with Crippen LogP contribution in [0.3, 0.4) is 0 Å². The van der Waals surface area contributed by atoms with Gasteiger partial charge >= 0.3 is 0 Å². The van der Waals surface area contributed by atoms with Crippen molar-refractivity contribution in [3.8, 4) is 0 Å². The van der Waals surface area contributed by atoms with Crippen LogP contribution >= 0.6 is 0 Å². The van der Waals surface area contributed by atoms with E-state index in [4.69, 9.17) is 5.11 Å². The van der Waals surface area contributed by atoms with Gasteiger partial charge in [-0.05, 0) is 12.0 Å². The average Bonchev–Trinajstić information content (AvgIpc) is 2.58. The second-order valence-corrected chi connectivity index (χ2v) is 3.33. The van der Waals surface area contributed by atoms with Crippen molar-refractivity contribution in [1.82, 2.24) is 0 Å². The van der Waals surface area contributed by atoms with Crippen LogP contribution in [-0.2, 0) is 6.42 Å². The second-order valence-electron chi connectivity index (χ2n) is 3.33. The maximum absolute atomic E-state index is 10.5. The molecule has 1 aliphatic rings. The molecule has 1 aromatic carbocycles. The van der Waals surface area contributed by atoms with Crippen molar-refractivity contribution >= 4 is 11.4 Å². The van der Waals surface area contributed by atoms with Crippen LogP contribution in [0.4, 0.5) is 11.4 Å². The van der Waals surface area contributed by atoms with Crippen LogP contribution in [0.15, 0.2) is 18.2 Å². The van der Waals surface area contributed by atoms with Gasteiger partial charge in [-0.2, -0.15) is 0 Å². The number of anilines is 1. The Kier molecular flexibility index (Phi) is 2.09. The minimum Gasteiger partial charge on any atom is -0.394 e. The second kappa shape index (κ2) is 3.26. The minimum absolute atomic E-state index is 0.00740. The van der Waals surface area contributed by atoms with Crippen LogP contribution in [0.2, 0.25) is 0 Å². The number of nitrogens with one attached hydrogen (secondary N) is 1. The fourth-order valence-corrected chi connectivity index (χ4v) is 1.64. The molecule has 5 nitrogen and oxygen atoms in total. The Hall–Kier alpha value is -1.62. The zero-order chi connectivity index (χ0) is 10.1. The number of fused-ring (bicyclic) bond motifs is 1. The molecule has 0 aliphatic carbocycles. The average molecular weight is 194 g/mol. The normalized spacial score (nSPS) is 18.8. The van der Waals surface area contributed by atoms with Crippen molar-refractivity contribution in [3.05, 3.63) is 33.9 Å². The number of rotatable bonds is 2. The molecule has 0 unspecified atom stereocenters. The molecule has 1 atom stereocenters. The molecule has 74 valence electrons. The first-order chi connectivity index (χ1) is 6.70. The molecule has 14 heavy (non-hydrogen) atoms. The van der Waals surface area contributed by atoms with Gasteiger partial charge in [0.2, 0.25) is 0 Å². The van der Waals surface area contributed by atoms with E-state index in [0.717, 1.165) is 17.7 Å². The third-order valence-electron chi connectivity index (χ3n) is 2.35. The van der Waals surface area contributed by atoms with Crippen molar-refractivity contribution in [1.29, 1.82) is 0 Å². The zero-order valence-electron chi connectivity index (χ0n) is 7.43. The summed E-state index contributed by atoms with van der Waals surface area (Å²) in [6.45, 7) is 0.0441. The first-order valence-electron chi connectivity index (χ1n) is 4.35. The van der Waals surface area contributed by atoms with Crippen molar-refractivity contribution in [2.45, 2.75) is 12.5 Å². The van der Waals surface area contributed by atoms with Gasteiger partial charge in [-0.1, -0.05) is 6.07 Å². The highest BCUT2D eigenvalue weighted by molar-refractivity contribution is 5.61. The van der Waals surface area contributed by atoms with E-state index < -0.39 is 4.92 Å². The highest BCUT2D eigenvalue weighted by atomic mass is 16.6. The zero-order valence-corrected chi connectivity index (χ0v) is 7.43. The number of aliphatic hydroxyl groups is 1. The number of hydrogen-bond donors (Lipinski definition) is 2. The van der Waals surface area contributed by atoms with E-state index in [2.05, 4.69) is 5.32 Å². The molecular weight excluding hydrogens is 184 g/mol. The first kappa shape index (κ1) is 8.96. The molecular formula is C9H10N2O3. The van der Waals surface area contributed by atoms with E-state index in [1.807, 2.05) is 0 Å². The fraction of sp³-hybridized carbons (Fsp3) is 0.333. The van der Waals surface area contributed by atoms with Crippen LogP contribution in [0.1, 0.15) is 5.56 Å². The lowest BCUT2D eigenvalue weighted by atomic mass is 10.1. The summed E-state index contributed by atoms with van der Waals surface area (Å²) in [5, 5.41) is 22.4. The Morgan fingerprint density at radius 3 is 3.07 bits per heavy atom. The smallest absolute Gasteiger partial charge is 0.271 e. The topological polar surface area (TPSA) is 75.4 Å². The van der Waals surface area contributed by atoms with Crippen molar-refractivity contribution < 1.29 is 10.0 Å². The van der Waals surface area contributed by atoms with Gasteiger partial charge in [0, 0.05) is 17.8 Å². The van der Waals surface area contributed by atoms with Gasteiger partial charge in [0.25, 0.3) is 5.69 Å². The molecule has 0 aromatic heterocycles. The predicted molar refractivity (Wildman–Crippen MR) is 51.3 cm³/mol. The number of non-ortho nitro benzene ring substituents is 1. The largest absolute Gasteiger partial charge is 0.394 e. The molecule has 0 fully saturated rings. The van der Waals surface area contributed by atoms with Crippen LogP contribution in [-0.4, -0.2) is 22.7 Å². The quantitative estimate of drug-likeness (QED) is 0.542. The maximum Gasteiger partial charge on any atom is 0.271 e. The minimum atomic E-state index is -0.422. The summed E-state index contributed by atoms with van der Waals surface area (Å²) in [6.07, 6.45) is 0.726. The molecule has 2 rings (SSSR count). The summed E-state index contributed by atoms with van der Waals surface area (Å²) < 4.78 is 0. The number of aliphatic hydroxyl groups excluding tert-OH is 1. The monoisotopic (exact) mass is 194 g/mol. The molecule has 0 radical (unpaired) electrons. The SMILES string of the molecule is O=[N+]([O-])c1ccc2c(c1)N[C@H](CO)C2. The van der Waals surface area contributed by atoms with Crippen LogP contribution in [0.25, 0.3) is 0 Å². The molecule has 2 N–H and O–H groups in total. The summed E-state index contributed by atoms with van der Waals surface area (Å²) in [5.74, 6) is 0. The Labute approximate surface area is 80.5 Å². The number of hydrogen-bond acceptors (Lipinski definition) is 4. The number of nitrogens with zero attached hydrogens (tertiary/aromatic N) is 1. The fourth-order valence-electron chi connectivity index (χ4n) is 1.64. The van der Waals surface area contributed by atoms with Gasteiger partial charge in [-0.15, -0.1) is 0 Å². The van der Waals surface area contributed by atoms with E-state index in [1.54, 1.807) is 6.07 Å². The maximum atomic E-state index is 10.5. The third kappa shape index (κ3) is 1.42. The molecule has 1 aromatic rings. The predicted octanol–water partition coefficient (Wildman–Crippen LogP) is 0.924. The molecule has 1 heterocycles. The number of nitro benzene ring substituents is 1. The van der Waals surface area contributed by atoms with E-state index in [9.17, 15) is 10.1 Å². The lowest BCUT2D eigenvalue weighted by Crippen LogP contribution is -2.19. The summed E-state index contributed by atoms with van der Waals surface area (Å²) in [7, 11) is 0. The lowest BCUT2D eigenvalue weighted by molar-refractivity contribution is -0.384. The van der Waals surface area contributed by atoms with Gasteiger partial charge in [-0.25, -0.2) is 0 Å². The van der Waals surface area contributed by atoms with Crippen molar-refractivity contribution in [2.75, 3.05) is 11.9 Å². The van der Waals surface area contributed by atoms with Gasteiger partial charge < -0.3 is 10.4 Å². The molecule has 0 bridgehead atoms. The van der Waals surface area contributed by atoms with Crippen LogP contribution < -0.4 is 5.32 Å². The third-order valence-corrected chi connectivity index (χ3v) is 2.35. The number of benzene rings is 1. The highest BCUT2D eigenvalue weighted by Crippen LogP contribution is 2.29. The summed E-state index contributed by atoms with van der Waals surface area (Å²) in [6, 6.07) is 4.72. The number of nitro groups is 1. The van der Waals surface area contributed by atoms with Gasteiger partial charge in [-0.3, -0.25) is 10.1 Å². The van der Waals surface area contributed by atoms with E-state index in [1.165, 1.54) is 12.1 Å². The molecule has 0 amide bonds. The molecule has 0 saturated carbocycles. The standard InChI is InChI=1S/C9H10N2O3/c12-5-7-3-6-1-2-8(11(13)14)4-9(6)10-7/h1-2,4,7,10,12H,3,5H2/t7-/m0/s1. The Morgan fingerprint density at radius 1 is 1.64 bits per heavy atom. The van der Waals surface area contributed by atoms with Crippen molar-refractivity contribution in [2.24, 2.45) is 0 Å². The van der Waals surface area contributed by atoms with Gasteiger partial charge in [0.15, 0.2) is 0 Å². The van der Waals surface area contributed by atoms with E-state index >= 15 is 0 Å². The molecule has 1 aliphatic heterocycles. The van der Waals surface area contributed by atoms with Crippen LogP contribution in [0, 0.1) is 10.1 Å². The molecule has 0 spiro atoms. The van der Waals surface area contributed by atoms with Crippen molar-refractivity contribution in [3.63, 3.8) is 0 Å². The summed E-state index contributed by atoms with van der Waals surface area (Å²) >= 11 is 0. The van der Waals surface area contributed by atoms with Crippen LogP contribution in [0.5, 0.6) is 0 Å². The van der Waals surface area contributed by atoms with Gasteiger partial charge in [0.05, 0.1) is 17.6 Å². The molecule has 0 saturated heterocycles. The molecule has 5 heteroatoms. The summed E-state index contributed by atoms with van der Waals surface area (Å²) in [4.78, 5) is 10.1. The van der Waals surface area contributed by atoms with E-state index in [0.29, 0.717) is 0 Å². The van der Waals surface area contributed by atoms with Gasteiger partial charge in [0.1, 0.15) is 0 Å². The summed E-state index contributed by atoms with van der Waals surface area (Å²) in [5.41, 5.74) is 1.86. The first-order valence-corrected chi connectivity index (χ1v) is 4.35. The Balaban J connectivity index is 2.31. The lowest BCUT2D eigenvalue weighted by Gasteiger charge is -2.04. The highest BCUT2D eigenvalue weighted by Gasteiger charge is 2.21.